The average Bonchev–Trinajstić information content (AvgIpc) is 2.82. The van der Waals surface area contributed by atoms with Gasteiger partial charge in [0.15, 0.2) is 0 Å². The summed E-state index contributed by atoms with van der Waals surface area (Å²) in [5, 5.41) is 3.42. The van der Waals surface area contributed by atoms with Gasteiger partial charge in [0.05, 0.1) is 6.04 Å². The lowest BCUT2D eigenvalue weighted by Gasteiger charge is -2.13. The van der Waals surface area contributed by atoms with Gasteiger partial charge in [-0.15, -0.1) is 11.3 Å². The summed E-state index contributed by atoms with van der Waals surface area (Å²) in [6.45, 7) is 0. The quantitative estimate of drug-likeness (QED) is 0.727. The smallest absolute Gasteiger partial charge is 0.0577 e. The van der Waals surface area contributed by atoms with Gasteiger partial charge in [0, 0.05) is 9.17 Å². The van der Waals surface area contributed by atoms with Gasteiger partial charge in [0.1, 0.15) is 0 Å². The van der Waals surface area contributed by atoms with E-state index in [2.05, 4.69) is 51.6 Å². The lowest BCUT2D eigenvalue weighted by atomic mass is 9.99. The molecule has 3 heteroatoms. The summed E-state index contributed by atoms with van der Waals surface area (Å²) in [6, 6.07) is 16.4. The Labute approximate surface area is 118 Å². The van der Waals surface area contributed by atoms with Crippen molar-refractivity contribution in [3.05, 3.63) is 69.5 Å². The summed E-state index contributed by atoms with van der Waals surface area (Å²) in [6.07, 6.45) is 0. The van der Waals surface area contributed by atoms with Gasteiger partial charge in [-0.05, 0) is 34.0 Å². The van der Waals surface area contributed by atoms with Crippen molar-refractivity contribution in [2.24, 2.45) is 5.73 Å². The molecule has 0 amide bonds. The summed E-state index contributed by atoms with van der Waals surface area (Å²) in [7, 11) is 0. The molecule has 3 aromatic rings. The molecule has 0 saturated heterocycles. The zero-order chi connectivity index (χ0) is 12.5. The Morgan fingerprint density at radius 2 is 1.67 bits per heavy atom. The van der Waals surface area contributed by atoms with Crippen LogP contribution in [0.3, 0.4) is 0 Å². The van der Waals surface area contributed by atoms with E-state index in [1.807, 2.05) is 18.2 Å². The van der Waals surface area contributed by atoms with Crippen LogP contribution in [0.25, 0.3) is 10.1 Å². The van der Waals surface area contributed by atoms with Crippen molar-refractivity contribution in [1.82, 2.24) is 0 Å². The van der Waals surface area contributed by atoms with Gasteiger partial charge in [0.25, 0.3) is 0 Å². The third kappa shape index (κ3) is 1.99. The fraction of sp³-hybridized carbons (Fsp3) is 0.0667. The molecule has 1 unspecified atom stereocenters. The highest BCUT2D eigenvalue weighted by molar-refractivity contribution is 9.10. The maximum absolute atomic E-state index is 6.40. The van der Waals surface area contributed by atoms with Gasteiger partial charge in [-0.1, -0.05) is 52.3 Å². The first-order valence-corrected chi connectivity index (χ1v) is 7.41. The van der Waals surface area contributed by atoms with Gasteiger partial charge in [-0.2, -0.15) is 0 Å². The van der Waals surface area contributed by atoms with E-state index in [-0.39, 0.29) is 6.04 Å². The van der Waals surface area contributed by atoms with Crippen LogP contribution in [0, 0.1) is 0 Å². The predicted molar refractivity (Wildman–Crippen MR) is 82.0 cm³/mol. The molecule has 3 rings (SSSR count). The van der Waals surface area contributed by atoms with Crippen LogP contribution in [0.4, 0.5) is 0 Å². The Hall–Kier alpha value is -1.16. The summed E-state index contributed by atoms with van der Waals surface area (Å²) in [4.78, 5) is 0. The summed E-state index contributed by atoms with van der Waals surface area (Å²) >= 11 is 5.32. The molecule has 2 aromatic carbocycles. The molecule has 90 valence electrons. The zero-order valence-corrected chi connectivity index (χ0v) is 12.0. The molecule has 0 aliphatic rings. The molecule has 0 fully saturated rings. The fourth-order valence-electron chi connectivity index (χ4n) is 2.13. The molecule has 0 spiro atoms. The Morgan fingerprint density at radius 1 is 0.944 bits per heavy atom. The minimum atomic E-state index is -0.0864. The van der Waals surface area contributed by atoms with E-state index in [0.717, 1.165) is 10.0 Å². The van der Waals surface area contributed by atoms with Gasteiger partial charge in [-0.3, -0.25) is 0 Å². The van der Waals surface area contributed by atoms with Gasteiger partial charge in [-0.25, -0.2) is 0 Å². The summed E-state index contributed by atoms with van der Waals surface area (Å²) in [5.74, 6) is 0. The van der Waals surface area contributed by atoms with Crippen LogP contribution in [0.15, 0.2) is 58.4 Å². The number of thiophene rings is 1. The van der Waals surface area contributed by atoms with E-state index in [9.17, 15) is 0 Å². The van der Waals surface area contributed by atoms with E-state index in [4.69, 9.17) is 5.73 Å². The maximum atomic E-state index is 6.40. The maximum Gasteiger partial charge on any atom is 0.0577 e. The monoisotopic (exact) mass is 317 g/mol. The molecule has 0 radical (unpaired) electrons. The van der Waals surface area contributed by atoms with Crippen LogP contribution in [0.2, 0.25) is 0 Å². The Bertz CT molecular complexity index is 690. The second-order valence-electron chi connectivity index (χ2n) is 4.19. The van der Waals surface area contributed by atoms with Crippen molar-refractivity contribution in [3.8, 4) is 0 Å². The van der Waals surface area contributed by atoms with E-state index in [0.29, 0.717) is 0 Å². The highest BCUT2D eigenvalue weighted by Crippen LogP contribution is 2.34. The number of benzene rings is 2. The van der Waals surface area contributed by atoms with E-state index in [1.165, 1.54) is 15.6 Å². The van der Waals surface area contributed by atoms with Crippen LogP contribution in [-0.4, -0.2) is 0 Å². The molecule has 1 atom stereocenters. The average molecular weight is 318 g/mol. The fourth-order valence-corrected chi connectivity index (χ4v) is 3.66. The molecule has 2 N–H and O–H groups in total. The number of hydrogen-bond acceptors (Lipinski definition) is 2. The second-order valence-corrected chi connectivity index (χ2v) is 5.95. The van der Waals surface area contributed by atoms with Crippen LogP contribution < -0.4 is 5.73 Å². The molecule has 1 aromatic heterocycles. The highest BCUT2D eigenvalue weighted by Gasteiger charge is 2.15. The number of halogens is 1. The Morgan fingerprint density at radius 3 is 2.50 bits per heavy atom. The lowest BCUT2D eigenvalue weighted by molar-refractivity contribution is 0.879. The van der Waals surface area contributed by atoms with Crippen molar-refractivity contribution in [2.45, 2.75) is 6.04 Å². The largest absolute Gasteiger partial charge is 0.320 e. The topological polar surface area (TPSA) is 26.0 Å². The van der Waals surface area contributed by atoms with Gasteiger partial charge < -0.3 is 5.73 Å². The van der Waals surface area contributed by atoms with Crippen molar-refractivity contribution in [1.29, 1.82) is 0 Å². The van der Waals surface area contributed by atoms with Crippen LogP contribution in [0.5, 0.6) is 0 Å². The molecular weight excluding hydrogens is 306 g/mol. The van der Waals surface area contributed by atoms with Crippen molar-refractivity contribution in [3.63, 3.8) is 0 Å². The zero-order valence-electron chi connectivity index (χ0n) is 9.64. The van der Waals surface area contributed by atoms with Crippen molar-refractivity contribution in [2.75, 3.05) is 0 Å². The van der Waals surface area contributed by atoms with Gasteiger partial charge >= 0.3 is 0 Å². The Balaban J connectivity index is 2.13. The second kappa shape index (κ2) is 4.84. The number of fused-ring (bicyclic) bond motifs is 1. The molecule has 1 heterocycles. The molecule has 0 saturated carbocycles. The standard InChI is InChI=1S/C15H12BrNS/c16-13-7-3-1-6-11(13)15(17)12-9-18-14-8-4-2-5-10(12)14/h1-9,15H,17H2. The molecule has 0 bridgehead atoms. The predicted octanol–water partition coefficient (Wildman–Crippen LogP) is 4.71. The molecule has 0 aliphatic heterocycles. The first-order chi connectivity index (χ1) is 8.77. The van der Waals surface area contributed by atoms with E-state index >= 15 is 0 Å². The number of rotatable bonds is 2. The van der Waals surface area contributed by atoms with Crippen LogP contribution >= 0.6 is 27.3 Å². The number of nitrogens with two attached hydrogens (primary N) is 1. The molecule has 1 nitrogen and oxygen atoms in total. The highest BCUT2D eigenvalue weighted by atomic mass is 79.9. The molecule has 0 aliphatic carbocycles. The van der Waals surface area contributed by atoms with Crippen molar-refractivity contribution < 1.29 is 0 Å². The summed E-state index contributed by atoms with van der Waals surface area (Å²) < 4.78 is 2.35. The summed E-state index contributed by atoms with van der Waals surface area (Å²) in [5.41, 5.74) is 8.73. The van der Waals surface area contributed by atoms with Gasteiger partial charge in [0.2, 0.25) is 0 Å². The Kier molecular flexibility index (Phi) is 3.20. The normalized spacial score (nSPS) is 12.8. The first kappa shape index (κ1) is 11.9. The minimum Gasteiger partial charge on any atom is -0.320 e. The van der Waals surface area contributed by atoms with E-state index < -0.39 is 0 Å². The van der Waals surface area contributed by atoms with E-state index in [1.54, 1.807) is 11.3 Å². The first-order valence-electron chi connectivity index (χ1n) is 5.73. The SMILES string of the molecule is NC(c1ccccc1Br)c1csc2ccccc12. The van der Waals surface area contributed by atoms with Crippen LogP contribution in [0.1, 0.15) is 17.2 Å². The lowest BCUT2D eigenvalue weighted by Crippen LogP contribution is -2.11. The van der Waals surface area contributed by atoms with Crippen molar-refractivity contribution >= 4 is 37.4 Å². The third-order valence-electron chi connectivity index (χ3n) is 3.09. The molecular formula is C15H12BrNS. The third-order valence-corrected chi connectivity index (χ3v) is 4.79. The minimum absolute atomic E-state index is 0.0864. The molecule has 18 heavy (non-hydrogen) atoms. The van der Waals surface area contributed by atoms with Crippen LogP contribution in [-0.2, 0) is 0 Å². The number of hydrogen-bond donors (Lipinski definition) is 1.